The van der Waals surface area contributed by atoms with Gasteiger partial charge >= 0.3 is 0 Å². The van der Waals surface area contributed by atoms with Crippen LogP contribution in [-0.2, 0) is 10.0 Å². The van der Waals surface area contributed by atoms with Gasteiger partial charge in [0, 0.05) is 27.4 Å². The van der Waals surface area contributed by atoms with Gasteiger partial charge in [0.05, 0.1) is 7.11 Å². The minimum atomic E-state index is -3.74. The van der Waals surface area contributed by atoms with Gasteiger partial charge in [-0.15, -0.1) is 11.8 Å². The molecule has 2 saturated carbocycles. The van der Waals surface area contributed by atoms with Gasteiger partial charge in [0.15, 0.2) is 0 Å². The van der Waals surface area contributed by atoms with E-state index in [2.05, 4.69) is 10.0 Å². The first kappa shape index (κ1) is 21.2. The third-order valence-corrected chi connectivity index (χ3v) is 8.22. The average Bonchev–Trinajstić information content (AvgIpc) is 3.39. The molecule has 8 heteroatoms. The Morgan fingerprint density at radius 2 is 1.73 bits per heavy atom. The highest BCUT2D eigenvalue weighted by molar-refractivity contribution is 8.00. The van der Waals surface area contributed by atoms with Crippen LogP contribution in [0.5, 0.6) is 5.75 Å². The molecule has 0 aromatic heterocycles. The fourth-order valence-electron chi connectivity index (χ4n) is 3.53. The predicted molar refractivity (Wildman–Crippen MR) is 119 cm³/mol. The van der Waals surface area contributed by atoms with Crippen LogP contribution in [0.3, 0.4) is 0 Å². The molecule has 0 radical (unpaired) electrons. The average molecular weight is 447 g/mol. The lowest BCUT2D eigenvalue weighted by molar-refractivity contribution is 0.102. The molecule has 30 heavy (non-hydrogen) atoms. The maximum Gasteiger partial charge on any atom is 0.255 e. The second-order valence-electron chi connectivity index (χ2n) is 7.76. The molecule has 1 amide bonds. The number of benzene rings is 2. The molecule has 0 saturated heterocycles. The first-order chi connectivity index (χ1) is 14.4. The predicted octanol–water partition coefficient (Wildman–Crippen LogP) is 4.42. The van der Waals surface area contributed by atoms with Gasteiger partial charge in [-0.05, 0) is 68.1 Å². The van der Waals surface area contributed by atoms with Gasteiger partial charge in [-0.25, -0.2) is 13.1 Å². The zero-order chi connectivity index (χ0) is 21.1. The van der Waals surface area contributed by atoms with Crippen LogP contribution in [0, 0.1) is 0 Å². The number of rotatable bonds is 8. The zero-order valence-electron chi connectivity index (χ0n) is 16.9. The molecule has 2 aliphatic rings. The molecule has 2 aromatic carbocycles. The third-order valence-electron chi connectivity index (χ3n) is 5.33. The van der Waals surface area contributed by atoms with Crippen molar-refractivity contribution in [2.24, 2.45) is 0 Å². The SMILES string of the molecule is COc1ccc(C(=O)Nc2ccc(SC3CCCC3)cc2)cc1S(=O)(=O)NC1CC1. The van der Waals surface area contributed by atoms with Crippen LogP contribution in [0.15, 0.2) is 52.3 Å². The summed E-state index contributed by atoms with van der Waals surface area (Å²) in [6, 6.07) is 12.2. The molecule has 6 nitrogen and oxygen atoms in total. The van der Waals surface area contributed by atoms with Crippen LogP contribution in [-0.4, -0.2) is 32.7 Å². The van der Waals surface area contributed by atoms with Crippen molar-refractivity contribution in [3.8, 4) is 5.75 Å². The van der Waals surface area contributed by atoms with Gasteiger partial charge in [0.1, 0.15) is 10.6 Å². The highest BCUT2D eigenvalue weighted by Gasteiger charge is 2.30. The smallest absolute Gasteiger partial charge is 0.255 e. The Morgan fingerprint density at radius 3 is 2.37 bits per heavy atom. The standard InChI is InChI=1S/C22H26N2O4S2/c1-28-20-13-6-15(14-21(20)30(26,27)24-17-7-8-17)22(25)23-16-9-11-19(12-10-16)29-18-4-2-3-5-18/h6,9-14,17-18,24H,2-5,7-8H2,1H3,(H,23,25). The fraction of sp³-hybridized carbons (Fsp3) is 0.409. The van der Waals surface area contributed by atoms with Crippen LogP contribution in [0.2, 0.25) is 0 Å². The molecule has 0 unspecified atom stereocenters. The molecular formula is C22H26N2O4S2. The van der Waals surface area contributed by atoms with Gasteiger partial charge in [-0.3, -0.25) is 4.79 Å². The van der Waals surface area contributed by atoms with E-state index in [4.69, 9.17) is 4.74 Å². The number of ether oxygens (including phenoxy) is 1. The van der Waals surface area contributed by atoms with Crippen molar-refractivity contribution >= 4 is 33.4 Å². The lowest BCUT2D eigenvalue weighted by Crippen LogP contribution is -2.26. The van der Waals surface area contributed by atoms with Gasteiger partial charge in [0.2, 0.25) is 10.0 Å². The number of sulfonamides is 1. The topological polar surface area (TPSA) is 84.5 Å². The molecule has 0 spiro atoms. The van der Waals surface area contributed by atoms with Gasteiger partial charge < -0.3 is 10.1 Å². The van der Waals surface area contributed by atoms with E-state index in [0.29, 0.717) is 10.9 Å². The molecule has 2 N–H and O–H groups in total. The minimum Gasteiger partial charge on any atom is -0.495 e. The first-order valence-corrected chi connectivity index (χ1v) is 12.6. The number of nitrogens with one attached hydrogen (secondary N) is 2. The summed E-state index contributed by atoms with van der Waals surface area (Å²) >= 11 is 1.89. The van der Waals surface area contributed by atoms with Crippen molar-refractivity contribution in [1.29, 1.82) is 0 Å². The van der Waals surface area contributed by atoms with Gasteiger partial charge in [0.25, 0.3) is 5.91 Å². The van der Waals surface area contributed by atoms with Crippen molar-refractivity contribution in [1.82, 2.24) is 4.72 Å². The number of carbonyl (C=O) groups is 1. The van der Waals surface area contributed by atoms with E-state index in [1.54, 1.807) is 6.07 Å². The van der Waals surface area contributed by atoms with Crippen LogP contribution >= 0.6 is 11.8 Å². The van der Waals surface area contributed by atoms with E-state index < -0.39 is 10.0 Å². The van der Waals surface area contributed by atoms with Crippen molar-refractivity contribution in [2.45, 2.75) is 59.6 Å². The molecule has 0 bridgehead atoms. The van der Waals surface area contributed by atoms with Crippen LogP contribution in [0.1, 0.15) is 48.9 Å². The normalized spacial score (nSPS) is 17.1. The lowest BCUT2D eigenvalue weighted by Gasteiger charge is -2.13. The molecule has 2 fully saturated rings. The Hall–Kier alpha value is -2.03. The molecule has 0 heterocycles. The zero-order valence-corrected chi connectivity index (χ0v) is 18.5. The largest absolute Gasteiger partial charge is 0.495 e. The quantitative estimate of drug-likeness (QED) is 0.627. The van der Waals surface area contributed by atoms with E-state index in [1.807, 2.05) is 36.0 Å². The number of anilines is 1. The lowest BCUT2D eigenvalue weighted by atomic mass is 10.2. The summed E-state index contributed by atoms with van der Waals surface area (Å²) in [5.41, 5.74) is 0.934. The maximum atomic E-state index is 12.7. The van der Waals surface area contributed by atoms with Gasteiger partial charge in [-0.2, -0.15) is 0 Å². The Bertz CT molecular complexity index is 1010. The van der Waals surface area contributed by atoms with Crippen LogP contribution in [0.4, 0.5) is 5.69 Å². The van der Waals surface area contributed by atoms with E-state index >= 15 is 0 Å². The number of amides is 1. The number of carbonyl (C=O) groups excluding carboxylic acids is 1. The summed E-state index contributed by atoms with van der Waals surface area (Å²) in [6.45, 7) is 0. The molecule has 4 rings (SSSR count). The van der Waals surface area contributed by atoms with E-state index in [1.165, 1.54) is 49.8 Å². The second-order valence-corrected chi connectivity index (χ2v) is 10.8. The Balaban J connectivity index is 1.46. The van der Waals surface area contributed by atoms with E-state index in [9.17, 15) is 13.2 Å². The van der Waals surface area contributed by atoms with E-state index in [0.717, 1.165) is 12.8 Å². The monoisotopic (exact) mass is 446 g/mol. The van der Waals surface area contributed by atoms with Crippen molar-refractivity contribution < 1.29 is 17.9 Å². The number of methoxy groups -OCH3 is 1. The summed E-state index contributed by atoms with van der Waals surface area (Å²) in [4.78, 5) is 13.9. The third kappa shape index (κ3) is 5.17. The summed E-state index contributed by atoms with van der Waals surface area (Å²) in [7, 11) is -2.33. The minimum absolute atomic E-state index is 0.0205. The summed E-state index contributed by atoms with van der Waals surface area (Å²) in [5.74, 6) is -0.148. The molecule has 160 valence electrons. The molecule has 0 aliphatic heterocycles. The number of hydrogen-bond donors (Lipinski definition) is 2. The van der Waals surface area contributed by atoms with Gasteiger partial charge in [-0.1, -0.05) is 12.8 Å². The molecule has 0 atom stereocenters. The first-order valence-electron chi connectivity index (χ1n) is 10.2. The molecule has 2 aromatic rings. The Morgan fingerprint density at radius 1 is 1.03 bits per heavy atom. The highest BCUT2D eigenvalue weighted by atomic mass is 32.2. The molecular weight excluding hydrogens is 420 g/mol. The second kappa shape index (κ2) is 8.99. The van der Waals surface area contributed by atoms with Crippen molar-refractivity contribution in [3.05, 3.63) is 48.0 Å². The summed E-state index contributed by atoms with van der Waals surface area (Å²) < 4.78 is 33.1. The Kier molecular flexibility index (Phi) is 6.36. The highest BCUT2D eigenvalue weighted by Crippen LogP contribution is 2.35. The Labute approximate surface area is 181 Å². The van der Waals surface area contributed by atoms with Crippen molar-refractivity contribution in [2.75, 3.05) is 12.4 Å². The molecule has 2 aliphatic carbocycles. The van der Waals surface area contributed by atoms with Crippen LogP contribution in [0.25, 0.3) is 0 Å². The maximum absolute atomic E-state index is 12.7. The fourth-order valence-corrected chi connectivity index (χ4v) is 6.28. The number of thioether (sulfide) groups is 1. The summed E-state index contributed by atoms with van der Waals surface area (Å²) in [5, 5.41) is 3.53. The van der Waals surface area contributed by atoms with Crippen molar-refractivity contribution in [3.63, 3.8) is 0 Å². The number of hydrogen-bond acceptors (Lipinski definition) is 5. The van der Waals surface area contributed by atoms with Crippen LogP contribution < -0.4 is 14.8 Å². The summed E-state index contributed by atoms with van der Waals surface area (Å²) in [6.07, 6.45) is 6.81. The van der Waals surface area contributed by atoms with E-state index in [-0.39, 0.29) is 28.2 Å².